The van der Waals surface area contributed by atoms with Crippen molar-refractivity contribution in [2.75, 3.05) is 43.0 Å². The lowest BCUT2D eigenvalue weighted by atomic mass is 10.1. The van der Waals surface area contributed by atoms with E-state index >= 15 is 0 Å². The fourth-order valence-electron chi connectivity index (χ4n) is 2.94. The maximum Gasteiger partial charge on any atom is 0.227 e. The van der Waals surface area contributed by atoms with E-state index in [-0.39, 0.29) is 36.8 Å². The molecule has 2 N–H and O–H groups in total. The van der Waals surface area contributed by atoms with Crippen LogP contribution in [0.25, 0.3) is 0 Å². The van der Waals surface area contributed by atoms with Gasteiger partial charge in [0, 0.05) is 26.2 Å². The average molecular weight is 377 g/mol. The maximum atomic E-state index is 12.0. The van der Waals surface area contributed by atoms with Crippen LogP contribution in [0.1, 0.15) is 25.7 Å². The number of nitrogens with one attached hydrogen (secondary N) is 2. The van der Waals surface area contributed by atoms with E-state index in [1.165, 1.54) is 19.3 Å². The minimum atomic E-state index is -0.0330. The number of ether oxygens (including phenoxy) is 1. The average Bonchev–Trinajstić information content (AvgIpc) is 2.57. The van der Waals surface area contributed by atoms with Gasteiger partial charge in [0.15, 0.2) is 0 Å². The summed E-state index contributed by atoms with van der Waals surface area (Å²) in [6.45, 7) is 4.42. The second-order valence-corrected chi connectivity index (χ2v) is 5.90. The molecular weight excluding hydrogens is 351 g/mol. The fraction of sp³-hybridized carbons (Fsp3) is 0.625. The zero-order valence-electron chi connectivity index (χ0n) is 13.7. The second kappa shape index (κ2) is 10.7. The van der Waals surface area contributed by atoms with Crippen molar-refractivity contribution in [1.29, 1.82) is 0 Å². The summed E-state index contributed by atoms with van der Waals surface area (Å²) in [6, 6.07) is 3.91. The molecule has 1 amide bonds. The molecule has 1 atom stereocenters. The monoisotopic (exact) mass is 376 g/mol. The molecule has 8 heteroatoms. The molecule has 24 heavy (non-hydrogen) atoms. The molecule has 2 aliphatic rings. The van der Waals surface area contributed by atoms with Gasteiger partial charge in [-0.25, -0.2) is 4.98 Å². The van der Waals surface area contributed by atoms with Crippen molar-refractivity contribution >= 4 is 42.2 Å². The summed E-state index contributed by atoms with van der Waals surface area (Å²) in [5.41, 5.74) is 0.745. The summed E-state index contributed by atoms with van der Waals surface area (Å²) < 4.78 is 5.54. The van der Waals surface area contributed by atoms with Crippen LogP contribution in [0.5, 0.6) is 0 Å². The Labute approximate surface area is 155 Å². The van der Waals surface area contributed by atoms with Crippen LogP contribution in [0.4, 0.5) is 11.5 Å². The Bertz CT molecular complexity index is 489. The number of rotatable bonds is 4. The van der Waals surface area contributed by atoms with Crippen molar-refractivity contribution in [2.45, 2.75) is 31.8 Å². The van der Waals surface area contributed by atoms with Gasteiger partial charge in [-0.15, -0.1) is 24.8 Å². The molecule has 1 aromatic rings. The largest absolute Gasteiger partial charge is 0.375 e. The summed E-state index contributed by atoms with van der Waals surface area (Å²) in [5.74, 6) is 0.971. The van der Waals surface area contributed by atoms with Gasteiger partial charge in [0.2, 0.25) is 5.91 Å². The number of amides is 1. The van der Waals surface area contributed by atoms with Crippen LogP contribution in [0, 0.1) is 0 Å². The molecule has 136 valence electrons. The number of halogens is 2. The van der Waals surface area contributed by atoms with Crippen LogP contribution in [0.15, 0.2) is 18.3 Å². The Kier molecular flexibility index (Phi) is 9.36. The number of hydrogen-bond donors (Lipinski definition) is 2. The minimum absolute atomic E-state index is 0. The Balaban J connectivity index is 0.00000144. The van der Waals surface area contributed by atoms with Gasteiger partial charge in [-0.3, -0.25) is 4.79 Å². The maximum absolute atomic E-state index is 12.0. The molecule has 0 saturated carbocycles. The zero-order valence-corrected chi connectivity index (χ0v) is 15.3. The molecule has 0 bridgehead atoms. The molecule has 6 nitrogen and oxygen atoms in total. The van der Waals surface area contributed by atoms with Gasteiger partial charge in [0.25, 0.3) is 0 Å². The molecule has 0 radical (unpaired) electrons. The number of morpholine rings is 1. The molecule has 0 aliphatic carbocycles. The standard InChI is InChI=1S/C16H24N4O2.2ClH/c21-16(10-14-12-17-6-9-22-14)19-13-4-5-15(18-11-13)20-7-2-1-3-8-20;;/h4-5,11,14,17H,1-3,6-10,12H2,(H,19,21);2*1H. The first-order valence-electron chi connectivity index (χ1n) is 8.14. The molecule has 2 aliphatic heterocycles. The third-order valence-electron chi connectivity index (χ3n) is 4.13. The molecule has 3 heterocycles. The Morgan fingerprint density at radius 1 is 1.29 bits per heavy atom. The molecule has 2 fully saturated rings. The number of carbonyl (C=O) groups is 1. The van der Waals surface area contributed by atoms with Crippen LogP contribution in [-0.4, -0.2) is 49.8 Å². The number of nitrogens with zero attached hydrogens (tertiary/aromatic N) is 2. The SMILES string of the molecule is Cl.Cl.O=C(CC1CNCCO1)Nc1ccc(N2CCCCC2)nc1. The third-order valence-corrected chi connectivity index (χ3v) is 4.13. The molecule has 0 spiro atoms. The topological polar surface area (TPSA) is 66.5 Å². The van der Waals surface area contributed by atoms with Crippen molar-refractivity contribution in [3.8, 4) is 0 Å². The first-order valence-corrected chi connectivity index (χ1v) is 8.14. The van der Waals surface area contributed by atoms with Gasteiger partial charge in [-0.2, -0.15) is 0 Å². The third kappa shape index (κ3) is 6.09. The summed E-state index contributed by atoms with van der Waals surface area (Å²) in [6.07, 6.45) is 5.85. The highest BCUT2D eigenvalue weighted by molar-refractivity contribution is 5.91. The summed E-state index contributed by atoms with van der Waals surface area (Å²) in [5, 5.41) is 6.12. The fourth-order valence-corrected chi connectivity index (χ4v) is 2.94. The highest BCUT2D eigenvalue weighted by Gasteiger charge is 2.17. The Hall–Kier alpha value is -1.08. The van der Waals surface area contributed by atoms with Gasteiger partial charge >= 0.3 is 0 Å². The normalized spacial score (nSPS) is 20.5. The predicted molar refractivity (Wildman–Crippen MR) is 101 cm³/mol. The van der Waals surface area contributed by atoms with E-state index in [9.17, 15) is 4.79 Å². The second-order valence-electron chi connectivity index (χ2n) is 5.90. The summed E-state index contributed by atoms with van der Waals surface area (Å²) in [7, 11) is 0. The number of anilines is 2. The molecule has 2 saturated heterocycles. The first kappa shape index (κ1) is 21.0. The highest BCUT2D eigenvalue weighted by atomic mass is 35.5. The Morgan fingerprint density at radius 2 is 2.08 bits per heavy atom. The number of aromatic nitrogens is 1. The number of piperidine rings is 1. The van der Waals surface area contributed by atoms with Gasteiger partial charge < -0.3 is 20.3 Å². The molecule has 1 aromatic heterocycles. The van der Waals surface area contributed by atoms with Crippen LogP contribution >= 0.6 is 24.8 Å². The van der Waals surface area contributed by atoms with Crippen molar-refractivity contribution in [3.63, 3.8) is 0 Å². The minimum Gasteiger partial charge on any atom is -0.375 e. The van der Waals surface area contributed by atoms with E-state index < -0.39 is 0 Å². The number of hydrogen-bond acceptors (Lipinski definition) is 5. The van der Waals surface area contributed by atoms with Gasteiger partial charge in [0.1, 0.15) is 5.82 Å². The summed E-state index contributed by atoms with van der Waals surface area (Å²) in [4.78, 5) is 18.8. The Morgan fingerprint density at radius 3 is 2.71 bits per heavy atom. The van der Waals surface area contributed by atoms with Gasteiger partial charge in [-0.1, -0.05) is 0 Å². The number of pyridine rings is 1. The van der Waals surface area contributed by atoms with E-state index in [0.717, 1.165) is 37.7 Å². The molecule has 3 rings (SSSR count). The number of carbonyl (C=O) groups excluding carboxylic acids is 1. The molecule has 0 aromatic carbocycles. The predicted octanol–water partition coefficient (Wildman–Crippen LogP) is 2.23. The van der Waals surface area contributed by atoms with Crippen LogP contribution in [0.2, 0.25) is 0 Å². The van der Waals surface area contributed by atoms with E-state index in [4.69, 9.17) is 4.74 Å². The smallest absolute Gasteiger partial charge is 0.227 e. The van der Waals surface area contributed by atoms with Crippen molar-refractivity contribution < 1.29 is 9.53 Å². The van der Waals surface area contributed by atoms with Crippen LogP contribution in [0.3, 0.4) is 0 Å². The lowest BCUT2D eigenvalue weighted by molar-refractivity contribution is -0.119. The van der Waals surface area contributed by atoms with E-state index in [1.54, 1.807) is 6.20 Å². The van der Waals surface area contributed by atoms with Crippen molar-refractivity contribution in [2.24, 2.45) is 0 Å². The van der Waals surface area contributed by atoms with Crippen LogP contribution in [-0.2, 0) is 9.53 Å². The lowest BCUT2D eigenvalue weighted by Gasteiger charge is -2.27. The van der Waals surface area contributed by atoms with Crippen LogP contribution < -0.4 is 15.5 Å². The van der Waals surface area contributed by atoms with E-state index in [1.807, 2.05) is 12.1 Å². The lowest BCUT2D eigenvalue weighted by Crippen LogP contribution is -2.40. The molecule has 1 unspecified atom stereocenters. The first-order chi connectivity index (χ1) is 10.8. The quantitative estimate of drug-likeness (QED) is 0.843. The van der Waals surface area contributed by atoms with Gasteiger partial charge in [0.05, 0.1) is 31.0 Å². The van der Waals surface area contributed by atoms with E-state index in [2.05, 4.69) is 20.5 Å². The van der Waals surface area contributed by atoms with E-state index in [0.29, 0.717) is 13.0 Å². The zero-order chi connectivity index (χ0) is 15.2. The van der Waals surface area contributed by atoms with Gasteiger partial charge in [-0.05, 0) is 31.4 Å². The summed E-state index contributed by atoms with van der Waals surface area (Å²) >= 11 is 0. The molecular formula is C16H26Cl2N4O2. The van der Waals surface area contributed by atoms with Crippen molar-refractivity contribution in [1.82, 2.24) is 10.3 Å². The van der Waals surface area contributed by atoms with Crippen molar-refractivity contribution in [3.05, 3.63) is 18.3 Å². The highest BCUT2D eigenvalue weighted by Crippen LogP contribution is 2.19.